The zero-order valence-corrected chi connectivity index (χ0v) is 11.1. The molecule has 20 heavy (non-hydrogen) atoms. The first-order valence-corrected chi connectivity index (χ1v) is 6.29. The fourth-order valence-electron chi connectivity index (χ4n) is 2.00. The molecule has 0 aliphatic rings. The Bertz CT molecular complexity index is 553. The molecule has 0 bridgehead atoms. The van der Waals surface area contributed by atoms with Crippen molar-refractivity contribution in [3.63, 3.8) is 0 Å². The van der Waals surface area contributed by atoms with Gasteiger partial charge in [-0.25, -0.2) is 8.78 Å². The molecule has 0 aliphatic heterocycles. The van der Waals surface area contributed by atoms with E-state index in [-0.39, 0.29) is 5.56 Å². The van der Waals surface area contributed by atoms with Gasteiger partial charge in [-0.15, -0.1) is 0 Å². The third kappa shape index (κ3) is 3.54. The molecule has 4 heteroatoms. The Balaban J connectivity index is 2.08. The van der Waals surface area contributed by atoms with Crippen LogP contribution in [0.5, 0.6) is 5.75 Å². The summed E-state index contributed by atoms with van der Waals surface area (Å²) >= 11 is 0. The van der Waals surface area contributed by atoms with Gasteiger partial charge in [0.1, 0.15) is 5.75 Å². The van der Waals surface area contributed by atoms with Gasteiger partial charge in [0.2, 0.25) is 0 Å². The Kier molecular flexibility index (Phi) is 4.69. The van der Waals surface area contributed by atoms with Gasteiger partial charge < -0.3 is 9.84 Å². The molecule has 0 heterocycles. The molecule has 0 aromatic heterocycles. The average molecular weight is 278 g/mol. The molecule has 0 fully saturated rings. The molecule has 1 unspecified atom stereocenters. The molecule has 2 nitrogen and oxygen atoms in total. The van der Waals surface area contributed by atoms with Crippen LogP contribution in [0.3, 0.4) is 0 Å². The molecule has 106 valence electrons. The summed E-state index contributed by atoms with van der Waals surface area (Å²) in [7, 11) is 1.58. The fourth-order valence-corrected chi connectivity index (χ4v) is 2.00. The van der Waals surface area contributed by atoms with Gasteiger partial charge in [0.25, 0.3) is 6.43 Å². The van der Waals surface area contributed by atoms with Crippen molar-refractivity contribution in [2.75, 3.05) is 7.11 Å². The van der Waals surface area contributed by atoms with Crippen LogP contribution in [0.4, 0.5) is 8.78 Å². The van der Waals surface area contributed by atoms with Crippen LogP contribution in [0, 0.1) is 0 Å². The van der Waals surface area contributed by atoms with Gasteiger partial charge in [-0.05, 0) is 23.3 Å². The predicted octanol–water partition coefficient (Wildman–Crippen LogP) is 3.91. The van der Waals surface area contributed by atoms with E-state index in [0.717, 1.165) is 11.3 Å². The van der Waals surface area contributed by atoms with Crippen molar-refractivity contribution in [1.82, 2.24) is 0 Å². The van der Waals surface area contributed by atoms with Gasteiger partial charge in [-0.2, -0.15) is 0 Å². The number of aliphatic hydroxyl groups is 1. The lowest BCUT2D eigenvalue weighted by atomic mass is 10.0. The highest BCUT2D eigenvalue weighted by Gasteiger charge is 2.11. The van der Waals surface area contributed by atoms with E-state index in [0.29, 0.717) is 12.0 Å². The van der Waals surface area contributed by atoms with Crippen molar-refractivity contribution in [2.24, 2.45) is 0 Å². The third-order valence-electron chi connectivity index (χ3n) is 3.14. The first-order valence-electron chi connectivity index (χ1n) is 6.29. The van der Waals surface area contributed by atoms with E-state index < -0.39 is 12.5 Å². The summed E-state index contributed by atoms with van der Waals surface area (Å²) in [6.07, 6.45) is -2.81. The lowest BCUT2D eigenvalue weighted by molar-refractivity contribution is 0.151. The number of hydrogen-bond donors (Lipinski definition) is 1. The maximum Gasteiger partial charge on any atom is 0.263 e. The highest BCUT2D eigenvalue weighted by atomic mass is 19.3. The van der Waals surface area contributed by atoms with Gasteiger partial charge in [0, 0.05) is 12.0 Å². The van der Waals surface area contributed by atoms with Crippen molar-refractivity contribution >= 4 is 0 Å². The molecule has 0 saturated heterocycles. The van der Waals surface area contributed by atoms with E-state index in [1.807, 2.05) is 24.3 Å². The first-order chi connectivity index (χ1) is 9.60. The topological polar surface area (TPSA) is 29.5 Å². The highest BCUT2D eigenvalue weighted by molar-refractivity contribution is 5.31. The van der Waals surface area contributed by atoms with Crippen LogP contribution in [0.2, 0.25) is 0 Å². The van der Waals surface area contributed by atoms with Gasteiger partial charge in [0.05, 0.1) is 13.2 Å². The second kappa shape index (κ2) is 6.48. The summed E-state index contributed by atoms with van der Waals surface area (Å²) in [6, 6.07) is 13.2. The second-order valence-corrected chi connectivity index (χ2v) is 4.54. The number of halogens is 2. The SMILES string of the molecule is COc1cccc(CC(O)c2ccc(C(F)F)cc2)c1. The number of aliphatic hydroxyl groups excluding tert-OH is 1. The normalized spacial score (nSPS) is 12.4. The molecule has 0 saturated carbocycles. The summed E-state index contributed by atoms with van der Waals surface area (Å²) < 4.78 is 30.0. The Hall–Kier alpha value is -1.94. The summed E-state index contributed by atoms with van der Waals surface area (Å²) in [5, 5.41) is 10.1. The Morgan fingerprint density at radius 1 is 1.05 bits per heavy atom. The molecular formula is C16H16F2O2. The maximum absolute atomic E-state index is 12.5. The number of alkyl halides is 2. The molecule has 0 aliphatic carbocycles. The number of hydrogen-bond acceptors (Lipinski definition) is 2. The number of rotatable bonds is 5. The minimum atomic E-state index is -2.49. The monoisotopic (exact) mass is 278 g/mol. The van der Waals surface area contributed by atoms with E-state index >= 15 is 0 Å². The Morgan fingerprint density at radius 3 is 2.30 bits per heavy atom. The van der Waals surface area contributed by atoms with E-state index in [9.17, 15) is 13.9 Å². The first kappa shape index (κ1) is 14.5. The minimum absolute atomic E-state index is 0.0395. The highest BCUT2D eigenvalue weighted by Crippen LogP contribution is 2.24. The largest absolute Gasteiger partial charge is 0.497 e. The summed E-state index contributed by atoms with van der Waals surface area (Å²) in [5.41, 5.74) is 1.51. The van der Waals surface area contributed by atoms with Crippen molar-refractivity contribution in [3.05, 3.63) is 65.2 Å². The standard InChI is InChI=1S/C16H16F2O2/c1-20-14-4-2-3-11(9-14)10-15(19)12-5-7-13(8-6-12)16(17)18/h2-9,15-16,19H,10H2,1H3. The van der Waals surface area contributed by atoms with Crippen LogP contribution in [0.15, 0.2) is 48.5 Å². The number of ether oxygens (including phenoxy) is 1. The fraction of sp³-hybridized carbons (Fsp3) is 0.250. The lowest BCUT2D eigenvalue weighted by Gasteiger charge is -2.12. The molecule has 2 aromatic rings. The molecule has 1 N–H and O–H groups in total. The van der Waals surface area contributed by atoms with Crippen molar-refractivity contribution in [1.29, 1.82) is 0 Å². The molecule has 2 aromatic carbocycles. The Morgan fingerprint density at radius 2 is 1.70 bits per heavy atom. The molecular weight excluding hydrogens is 262 g/mol. The third-order valence-corrected chi connectivity index (χ3v) is 3.14. The van der Waals surface area contributed by atoms with Crippen LogP contribution in [-0.4, -0.2) is 12.2 Å². The van der Waals surface area contributed by atoms with Crippen molar-refractivity contribution in [3.8, 4) is 5.75 Å². The van der Waals surface area contributed by atoms with E-state index in [1.54, 1.807) is 7.11 Å². The lowest BCUT2D eigenvalue weighted by Crippen LogP contribution is -2.02. The second-order valence-electron chi connectivity index (χ2n) is 4.54. The van der Waals surface area contributed by atoms with Gasteiger partial charge >= 0.3 is 0 Å². The van der Waals surface area contributed by atoms with Gasteiger partial charge in [-0.1, -0.05) is 36.4 Å². The van der Waals surface area contributed by atoms with Crippen LogP contribution in [0.25, 0.3) is 0 Å². The van der Waals surface area contributed by atoms with Crippen LogP contribution in [0.1, 0.15) is 29.2 Å². The van der Waals surface area contributed by atoms with E-state index in [1.165, 1.54) is 24.3 Å². The molecule has 2 rings (SSSR count). The minimum Gasteiger partial charge on any atom is -0.497 e. The van der Waals surface area contributed by atoms with Crippen LogP contribution in [-0.2, 0) is 6.42 Å². The number of benzene rings is 2. The van der Waals surface area contributed by atoms with Crippen LogP contribution >= 0.6 is 0 Å². The number of methoxy groups -OCH3 is 1. The van der Waals surface area contributed by atoms with Gasteiger partial charge in [-0.3, -0.25) is 0 Å². The van der Waals surface area contributed by atoms with E-state index in [2.05, 4.69) is 0 Å². The average Bonchev–Trinajstić information content (AvgIpc) is 2.47. The Labute approximate surface area is 116 Å². The zero-order valence-electron chi connectivity index (χ0n) is 11.1. The molecule has 0 amide bonds. The summed E-state index contributed by atoms with van der Waals surface area (Å²) in [5.74, 6) is 0.725. The molecule has 0 radical (unpaired) electrons. The quantitative estimate of drug-likeness (QED) is 0.898. The smallest absolute Gasteiger partial charge is 0.263 e. The van der Waals surface area contributed by atoms with Crippen molar-refractivity contribution < 1.29 is 18.6 Å². The van der Waals surface area contributed by atoms with Crippen LogP contribution < -0.4 is 4.74 Å². The summed E-state index contributed by atoms with van der Waals surface area (Å²) in [6.45, 7) is 0. The molecule has 0 spiro atoms. The van der Waals surface area contributed by atoms with E-state index in [4.69, 9.17) is 4.74 Å². The summed E-state index contributed by atoms with van der Waals surface area (Å²) in [4.78, 5) is 0. The predicted molar refractivity (Wildman–Crippen MR) is 73.1 cm³/mol. The zero-order chi connectivity index (χ0) is 14.5. The molecule has 1 atom stereocenters. The maximum atomic E-state index is 12.5. The van der Waals surface area contributed by atoms with Gasteiger partial charge in [0.15, 0.2) is 0 Å². The van der Waals surface area contributed by atoms with Crippen molar-refractivity contribution in [2.45, 2.75) is 19.0 Å².